The Bertz CT molecular complexity index is 1190. The zero-order valence-electron chi connectivity index (χ0n) is 20.6. The van der Waals surface area contributed by atoms with Gasteiger partial charge in [0.15, 0.2) is 0 Å². The molecule has 4 aromatic rings. The van der Waals surface area contributed by atoms with Gasteiger partial charge in [-0.05, 0) is 43.7 Å². The SMILES string of the molecule is COCCN(Cc1c(C)nn(-c2ccccc2)c1Oc1ccc(C)cc1)CC(O)c1ccccc1. The summed E-state index contributed by atoms with van der Waals surface area (Å²) in [6.45, 7) is 6.31. The fourth-order valence-corrected chi connectivity index (χ4v) is 3.99. The average molecular weight is 472 g/mol. The summed E-state index contributed by atoms with van der Waals surface area (Å²) in [4.78, 5) is 2.18. The first-order valence-corrected chi connectivity index (χ1v) is 11.9. The third-order valence-corrected chi connectivity index (χ3v) is 5.98. The fourth-order valence-electron chi connectivity index (χ4n) is 3.99. The van der Waals surface area contributed by atoms with Crippen LogP contribution in [0.5, 0.6) is 11.6 Å². The second kappa shape index (κ2) is 11.8. The van der Waals surface area contributed by atoms with Crippen LogP contribution in [0.2, 0.25) is 0 Å². The van der Waals surface area contributed by atoms with E-state index in [2.05, 4.69) is 11.8 Å². The monoisotopic (exact) mass is 471 g/mol. The van der Waals surface area contributed by atoms with E-state index < -0.39 is 6.10 Å². The summed E-state index contributed by atoms with van der Waals surface area (Å²) in [5.41, 5.74) is 4.85. The van der Waals surface area contributed by atoms with Crippen molar-refractivity contribution in [2.45, 2.75) is 26.5 Å². The van der Waals surface area contributed by atoms with Gasteiger partial charge in [0.1, 0.15) is 5.75 Å². The van der Waals surface area contributed by atoms with Gasteiger partial charge in [-0.25, -0.2) is 4.68 Å². The molecule has 1 aromatic heterocycles. The Kier molecular flexibility index (Phi) is 8.32. The summed E-state index contributed by atoms with van der Waals surface area (Å²) < 4.78 is 13.7. The highest BCUT2D eigenvalue weighted by Gasteiger charge is 2.23. The molecular formula is C29H33N3O3. The maximum atomic E-state index is 10.9. The number of aliphatic hydroxyl groups is 1. The van der Waals surface area contributed by atoms with Crippen molar-refractivity contribution in [3.63, 3.8) is 0 Å². The summed E-state index contributed by atoms with van der Waals surface area (Å²) in [7, 11) is 1.69. The number of hydrogen-bond donors (Lipinski definition) is 1. The summed E-state index contributed by atoms with van der Waals surface area (Å²) in [5.74, 6) is 1.43. The molecule has 4 rings (SSSR count). The van der Waals surface area contributed by atoms with Crippen LogP contribution < -0.4 is 4.74 Å². The van der Waals surface area contributed by atoms with Gasteiger partial charge in [-0.1, -0.05) is 66.2 Å². The van der Waals surface area contributed by atoms with Crippen LogP contribution >= 0.6 is 0 Å². The summed E-state index contributed by atoms with van der Waals surface area (Å²) in [5, 5.41) is 15.8. The van der Waals surface area contributed by atoms with Gasteiger partial charge in [-0.15, -0.1) is 0 Å². The van der Waals surface area contributed by atoms with Crippen LogP contribution in [-0.2, 0) is 11.3 Å². The van der Waals surface area contributed by atoms with E-state index in [1.165, 1.54) is 5.56 Å². The van der Waals surface area contributed by atoms with E-state index in [1.807, 2.05) is 96.5 Å². The predicted molar refractivity (Wildman–Crippen MR) is 138 cm³/mol. The van der Waals surface area contributed by atoms with Gasteiger partial charge in [0.2, 0.25) is 5.88 Å². The topological polar surface area (TPSA) is 59.8 Å². The van der Waals surface area contributed by atoms with E-state index in [-0.39, 0.29) is 0 Å². The molecule has 1 unspecified atom stereocenters. The Morgan fingerprint density at radius 2 is 1.57 bits per heavy atom. The quantitative estimate of drug-likeness (QED) is 0.315. The molecule has 1 atom stereocenters. The lowest BCUT2D eigenvalue weighted by molar-refractivity contribution is 0.0844. The first-order valence-electron chi connectivity index (χ1n) is 11.9. The molecule has 0 amide bonds. The molecule has 0 saturated heterocycles. The molecule has 0 saturated carbocycles. The minimum absolute atomic E-state index is 0.466. The van der Waals surface area contributed by atoms with E-state index >= 15 is 0 Å². The van der Waals surface area contributed by atoms with Crippen molar-refractivity contribution in [1.82, 2.24) is 14.7 Å². The second-order valence-corrected chi connectivity index (χ2v) is 8.69. The van der Waals surface area contributed by atoms with E-state index in [1.54, 1.807) is 7.11 Å². The lowest BCUT2D eigenvalue weighted by Crippen LogP contribution is -2.31. The molecule has 0 aliphatic rings. The average Bonchev–Trinajstić information content (AvgIpc) is 3.19. The van der Waals surface area contributed by atoms with Gasteiger partial charge in [-0.2, -0.15) is 5.10 Å². The molecule has 182 valence electrons. The van der Waals surface area contributed by atoms with Gasteiger partial charge in [0.25, 0.3) is 0 Å². The van der Waals surface area contributed by atoms with Crippen molar-refractivity contribution in [3.05, 3.63) is 107 Å². The highest BCUT2D eigenvalue weighted by Crippen LogP contribution is 2.32. The molecule has 0 aliphatic heterocycles. The Morgan fingerprint density at radius 1 is 0.914 bits per heavy atom. The predicted octanol–water partition coefficient (Wildman–Crippen LogP) is 5.46. The Balaban J connectivity index is 1.67. The first-order chi connectivity index (χ1) is 17.0. The second-order valence-electron chi connectivity index (χ2n) is 8.69. The molecule has 0 aliphatic carbocycles. The molecule has 1 heterocycles. The normalized spacial score (nSPS) is 12.1. The number of ether oxygens (including phenoxy) is 2. The van der Waals surface area contributed by atoms with Gasteiger partial charge < -0.3 is 14.6 Å². The molecule has 6 heteroatoms. The number of aryl methyl sites for hydroxylation is 2. The van der Waals surface area contributed by atoms with E-state index in [0.717, 1.165) is 28.3 Å². The van der Waals surface area contributed by atoms with Crippen molar-refractivity contribution < 1.29 is 14.6 Å². The van der Waals surface area contributed by atoms with Crippen LogP contribution in [0.3, 0.4) is 0 Å². The number of aromatic nitrogens is 2. The largest absolute Gasteiger partial charge is 0.439 e. The van der Waals surface area contributed by atoms with Gasteiger partial charge in [0, 0.05) is 26.7 Å². The molecule has 3 aromatic carbocycles. The Morgan fingerprint density at radius 3 is 2.23 bits per heavy atom. The fraction of sp³-hybridized carbons (Fsp3) is 0.276. The van der Waals surface area contributed by atoms with E-state index in [9.17, 15) is 5.11 Å². The number of para-hydroxylation sites is 1. The molecule has 0 radical (unpaired) electrons. The summed E-state index contributed by atoms with van der Waals surface area (Å²) >= 11 is 0. The first kappa shape index (κ1) is 24.7. The van der Waals surface area contributed by atoms with E-state index in [0.29, 0.717) is 32.1 Å². The molecule has 1 N–H and O–H groups in total. The maximum Gasteiger partial charge on any atom is 0.227 e. The van der Waals surface area contributed by atoms with Crippen LogP contribution in [-0.4, -0.2) is 46.6 Å². The van der Waals surface area contributed by atoms with Gasteiger partial charge >= 0.3 is 0 Å². The van der Waals surface area contributed by atoms with Crippen molar-refractivity contribution in [3.8, 4) is 17.3 Å². The Hall–Kier alpha value is -3.45. The summed E-state index contributed by atoms with van der Waals surface area (Å²) in [6.07, 6.45) is -0.612. The van der Waals surface area contributed by atoms with Crippen LogP contribution in [0.15, 0.2) is 84.9 Å². The van der Waals surface area contributed by atoms with Crippen molar-refractivity contribution in [1.29, 1.82) is 0 Å². The lowest BCUT2D eigenvalue weighted by Gasteiger charge is -2.25. The highest BCUT2D eigenvalue weighted by atomic mass is 16.5. The minimum atomic E-state index is -0.612. The number of hydrogen-bond acceptors (Lipinski definition) is 5. The zero-order valence-corrected chi connectivity index (χ0v) is 20.6. The smallest absolute Gasteiger partial charge is 0.227 e. The third kappa shape index (κ3) is 6.36. The molecule has 6 nitrogen and oxygen atoms in total. The lowest BCUT2D eigenvalue weighted by atomic mass is 10.1. The number of rotatable bonds is 11. The molecular weight excluding hydrogens is 438 g/mol. The number of methoxy groups -OCH3 is 1. The van der Waals surface area contributed by atoms with Crippen LogP contribution in [0, 0.1) is 13.8 Å². The van der Waals surface area contributed by atoms with Crippen LogP contribution in [0.4, 0.5) is 0 Å². The van der Waals surface area contributed by atoms with Gasteiger partial charge in [0.05, 0.1) is 29.7 Å². The Labute approximate surface area is 207 Å². The molecule has 0 bridgehead atoms. The van der Waals surface area contributed by atoms with Crippen LogP contribution in [0.25, 0.3) is 5.69 Å². The van der Waals surface area contributed by atoms with Crippen molar-refractivity contribution >= 4 is 0 Å². The molecule has 35 heavy (non-hydrogen) atoms. The van der Waals surface area contributed by atoms with Gasteiger partial charge in [-0.3, -0.25) is 4.90 Å². The number of aliphatic hydroxyl groups excluding tert-OH is 1. The number of nitrogens with zero attached hydrogens (tertiary/aromatic N) is 3. The standard InChI is InChI=1S/C29H33N3O3/c1-22-14-16-26(17-15-22)35-29-27(23(2)30-32(29)25-12-8-5-9-13-25)20-31(18-19-34-3)21-28(33)24-10-6-4-7-11-24/h4-17,28,33H,18-21H2,1-3H3. The molecule has 0 fully saturated rings. The summed E-state index contributed by atoms with van der Waals surface area (Å²) in [6, 6.07) is 27.7. The number of benzene rings is 3. The molecule has 0 spiro atoms. The van der Waals surface area contributed by atoms with E-state index in [4.69, 9.17) is 14.6 Å². The van der Waals surface area contributed by atoms with Crippen molar-refractivity contribution in [2.24, 2.45) is 0 Å². The van der Waals surface area contributed by atoms with Crippen molar-refractivity contribution in [2.75, 3.05) is 26.8 Å². The van der Waals surface area contributed by atoms with Crippen LogP contribution in [0.1, 0.15) is 28.5 Å². The highest BCUT2D eigenvalue weighted by molar-refractivity contribution is 5.43. The minimum Gasteiger partial charge on any atom is -0.439 e. The maximum absolute atomic E-state index is 10.9. The zero-order chi connectivity index (χ0) is 24.6. The third-order valence-electron chi connectivity index (χ3n) is 5.98.